The highest BCUT2D eigenvalue weighted by atomic mass is 32.1. The van der Waals surface area contributed by atoms with Crippen molar-refractivity contribution in [1.82, 2.24) is 15.3 Å². The Hall–Kier alpha value is -1.99. The number of carbonyl (C=O) groups is 1. The summed E-state index contributed by atoms with van der Waals surface area (Å²) in [5, 5.41) is 2.90. The first kappa shape index (κ1) is 14.0. The minimum atomic E-state index is -0.177. The van der Waals surface area contributed by atoms with Crippen molar-refractivity contribution in [2.75, 3.05) is 5.73 Å². The monoisotopic (exact) mass is 318 g/mol. The van der Waals surface area contributed by atoms with Gasteiger partial charge in [0.25, 0.3) is 5.91 Å². The fraction of sp³-hybridized carbons (Fsp3) is 0.214. The molecule has 3 aromatic rings. The van der Waals surface area contributed by atoms with Gasteiger partial charge in [0.1, 0.15) is 15.2 Å². The number of anilines is 1. The minimum absolute atomic E-state index is 0.177. The van der Waals surface area contributed by atoms with Crippen LogP contribution in [0.3, 0.4) is 0 Å². The summed E-state index contributed by atoms with van der Waals surface area (Å²) in [5.41, 5.74) is 6.98. The molecule has 0 spiro atoms. The molecule has 0 saturated heterocycles. The summed E-state index contributed by atoms with van der Waals surface area (Å²) in [5.74, 6) is -0.177. The Balaban J connectivity index is 1.76. The van der Waals surface area contributed by atoms with Gasteiger partial charge in [-0.05, 0) is 18.6 Å². The Kier molecular flexibility index (Phi) is 3.85. The quantitative estimate of drug-likeness (QED) is 0.775. The average Bonchev–Trinajstić information content (AvgIpc) is 3.10. The molecule has 0 aromatic carbocycles. The summed E-state index contributed by atoms with van der Waals surface area (Å²) in [6, 6.07) is 4.13. The molecule has 3 N–H and O–H groups in total. The van der Waals surface area contributed by atoms with E-state index in [1.165, 1.54) is 16.2 Å². The lowest BCUT2D eigenvalue weighted by Crippen LogP contribution is -2.22. The lowest BCUT2D eigenvalue weighted by atomic mass is 10.3. The molecule has 21 heavy (non-hydrogen) atoms. The number of aromatic nitrogens is 2. The van der Waals surface area contributed by atoms with Crippen LogP contribution in [0.4, 0.5) is 5.69 Å². The molecule has 3 aromatic heterocycles. The maximum atomic E-state index is 12.3. The number of amides is 1. The number of nitrogen functional groups attached to an aromatic ring is 1. The van der Waals surface area contributed by atoms with Gasteiger partial charge in [-0.1, -0.05) is 6.92 Å². The molecule has 3 rings (SSSR count). The summed E-state index contributed by atoms with van der Waals surface area (Å²) in [6.07, 6.45) is 4.18. The number of nitrogens with one attached hydrogen (secondary N) is 1. The highest BCUT2D eigenvalue weighted by Crippen LogP contribution is 2.30. The number of thiophene rings is 2. The third-order valence-corrected chi connectivity index (χ3v) is 5.39. The van der Waals surface area contributed by atoms with Gasteiger partial charge in [-0.3, -0.25) is 4.79 Å². The summed E-state index contributed by atoms with van der Waals surface area (Å²) < 4.78 is 0. The van der Waals surface area contributed by atoms with Crippen molar-refractivity contribution in [3.8, 4) is 0 Å². The largest absolute Gasteiger partial charge is 0.396 e. The second-order valence-electron chi connectivity index (χ2n) is 4.46. The Morgan fingerprint density at radius 3 is 2.71 bits per heavy atom. The van der Waals surface area contributed by atoms with Crippen LogP contribution in [0.2, 0.25) is 0 Å². The van der Waals surface area contributed by atoms with E-state index in [1.54, 1.807) is 23.7 Å². The van der Waals surface area contributed by atoms with Crippen molar-refractivity contribution >= 4 is 44.6 Å². The molecule has 0 aliphatic rings. The Bertz CT molecular complexity index is 793. The zero-order chi connectivity index (χ0) is 14.8. The van der Waals surface area contributed by atoms with Crippen LogP contribution < -0.4 is 11.1 Å². The van der Waals surface area contributed by atoms with Gasteiger partial charge >= 0.3 is 0 Å². The first-order chi connectivity index (χ1) is 10.2. The molecule has 0 fully saturated rings. The van der Waals surface area contributed by atoms with Gasteiger partial charge in [0.05, 0.1) is 12.2 Å². The molecule has 7 heteroatoms. The van der Waals surface area contributed by atoms with Gasteiger partial charge in [0.15, 0.2) is 0 Å². The number of hydrogen-bond donors (Lipinski definition) is 2. The molecule has 3 heterocycles. The number of fused-ring (bicyclic) bond motifs is 1. The zero-order valence-corrected chi connectivity index (χ0v) is 13.1. The van der Waals surface area contributed by atoms with E-state index in [4.69, 9.17) is 5.73 Å². The Morgan fingerprint density at radius 1 is 1.24 bits per heavy atom. The summed E-state index contributed by atoms with van der Waals surface area (Å²) in [7, 11) is 0. The van der Waals surface area contributed by atoms with Crippen LogP contribution in [0.25, 0.3) is 10.3 Å². The number of aryl methyl sites for hydroxylation is 1. The molecule has 0 unspecified atom stereocenters. The van der Waals surface area contributed by atoms with Crippen LogP contribution in [0, 0.1) is 0 Å². The van der Waals surface area contributed by atoms with Crippen molar-refractivity contribution in [2.24, 2.45) is 0 Å². The molecule has 1 amide bonds. The zero-order valence-electron chi connectivity index (χ0n) is 11.4. The van der Waals surface area contributed by atoms with Crippen LogP contribution in [0.15, 0.2) is 24.5 Å². The topological polar surface area (TPSA) is 80.9 Å². The van der Waals surface area contributed by atoms with Crippen molar-refractivity contribution in [2.45, 2.75) is 19.9 Å². The van der Waals surface area contributed by atoms with Crippen molar-refractivity contribution in [3.63, 3.8) is 0 Å². The van der Waals surface area contributed by atoms with Crippen LogP contribution in [0.5, 0.6) is 0 Å². The molecular formula is C14H14N4OS2. The molecule has 0 aliphatic heterocycles. The Labute approximate surface area is 129 Å². The molecule has 0 saturated carbocycles. The molecule has 108 valence electrons. The van der Waals surface area contributed by atoms with E-state index in [1.807, 2.05) is 6.07 Å². The van der Waals surface area contributed by atoms with Crippen molar-refractivity contribution in [3.05, 3.63) is 39.2 Å². The first-order valence-electron chi connectivity index (χ1n) is 6.53. The second-order valence-corrected chi connectivity index (χ2v) is 6.71. The summed E-state index contributed by atoms with van der Waals surface area (Å²) in [6.45, 7) is 2.63. The highest BCUT2D eigenvalue weighted by Gasteiger charge is 2.17. The van der Waals surface area contributed by atoms with Gasteiger partial charge in [0.2, 0.25) is 0 Å². The maximum absolute atomic E-state index is 12.3. The molecule has 5 nitrogen and oxygen atoms in total. The number of carbonyl (C=O) groups excluding carboxylic acids is 1. The standard InChI is InChI=1S/C14H14N4OS2/c1-2-8-3-4-9(20-8)7-18-13(19)12-10(15)11-14(21-12)17-6-5-16-11/h3-6H,2,7,15H2,1H3,(H,18,19). The fourth-order valence-electron chi connectivity index (χ4n) is 1.97. The number of rotatable bonds is 4. The molecule has 0 atom stereocenters. The lowest BCUT2D eigenvalue weighted by molar-refractivity contribution is 0.0956. The van der Waals surface area contributed by atoms with Crippen LogP contribution in [-0.2, 0) is 13.0 Å². The molecule has 0 radical (unpaired) electrons. The summed E-state index contributed by atoms with van der Waals surface area (Å²) in [4.78, 5) is 24.2. The van der Waals surface area contributed by atoms with Crippen LogP contribution in [-0.4, -0.2) is 15.9 Å². The van der Waals surface area contributed by atoms with Crippen molar-refractivity contribution < 1.29 is 4.79 Å². The number of hydrogen-bond acceptors (Lipinski definition) is 6. The van der Waals surface area contributed by atoms with Crippen molar-refractivity contribution in [1.29, 1.82) is 0 Å². The van der Waals surface area contributed by atoms with E-state index in [2.05, 4.69) is 28.3 Å². The fourth-order valence-corrected chi connectivity index (χ4v) is 3.80. The van der Waals surface area contributed by atoms with Gasteiger partial charge < -0.3 is 11.1 Å². The number of nitrogens with zero attached hydrogens (tertiary/aromatic N) is 2. The number of nitrogens with two attached hydrogens (primary N) is 1. The van der Waals surface area contributed by atoms with Gasteiger partial charge in [0, 0.05) is 22.1 Å². The second kappa shape index (κ2) is 5.79. The Morgan fingerprint density at radius 2 is 2.00 bits per heavy atom. The van der Waals surface area contributed by atoms with E-state index < -0.39 is 0 Å². The predicted molar refractivity (Wildman–Crippen MR) is 86.7 cm³/mol. The minimum Gasteiger partial charge on any atom is -0.396 e. The smallest absolute Gasteiger partial charge is 0.263 e. The third-order valence-electron chi connectivity index (χ3n) is 3.06. The van der Waals surface area contributed by atoms with Crippen LogP contribution in [0.1, 0.15) is 26.3 Å². The maximum Gasteiger partial charge on any atom is 0.263 e. The lowest BCUT2D eigenvalue weighted by Gasteiger charge is -2.02. The summed E-state index contributed by atoms with van der Waals surface area (Å²) >= 11 is 2.98. The SMILES string of the molecule is CCc1ccc(CNC(=O)c2sc3nccnc3c2N)s1. The van der Waals surface area contributed by atoms with E-state index >= 15 is 0 Å². The van der Waals surface area contributed by atoms with Gasteiger partial charge in [-0.25, -0.2) is 9.97 Å². The van der Waals surface area contributed by atoms with E-state index in [9.17, 15) is 4.79 Å². The van der Waals surface area contributed by atoms with E-state index in [-0.39, 0.29) is 5.91 Å². The van der Waals surface area contributed by atoms with Crippen LogP contribution >= 0.6 is 22.7 Å². The molecule has 0 bridgehead atoms. The van der Waals surface area contributed by atoms with E-state index in [0.29, 0.717) is 27.5 Å². The normalized spacial score (nSPS) is 10.9. The highest BCUT2D eigenvalue weighted by molar-refractivity contribution is 7.21. The third kappa shape index (κ3) is 2.74. The van der Waals surface area contributed by atoms with E-state index in [0.717, 1.165) is 11.3 Å². The first-order valence-corrected chi connectivity index (χ1v) is 8.17. The van der Waals surface area contributed by atoms with Gasteiger partial charge in [-0.15, -0.1) is 22.7 Å². The molecule has 0 aliphatic carbocycles. The average molecular weight is 318 g/mol. The van der Waals surface area contributed by atoms with Gasteiger partial charge in [-0.2, -0.15) is 0 Å². The predicted octanol–water partition coefficient (Wildman–Crippen LogP) is 2.83. The molecular weight excluding hydrogens is 304 g/mol.